The Kier molecular flexibility index (Phi) is 4.20. The summed E-state index contributed by atoms with van der Waals surface area (Å²) in [4.78, 5) is 15.5. The molecule has 5 heteroatoms. The van der Waals surface area contributed by atoms with Crippen LogP contribution in [0, 0.1) is 6.92 Å². The van der Waals surface area contributed by atoms with Gasteiger partial charge in [-0.1, -0.05) is 6.07 Å². The number of aromatic nitrogens is 1. The third-order valence-electron chi connectivity index (χ3n) is 2.62. The number of oxazole rings is 1. The lowest BCUT2D eigenvalue weighted by Crippen LogP contribution is -2.25. The fourth-order valence-electron chi connectivity index (χ4n) is 1.76. The lowest BCUT2D eigenvalue weighted by molar-refractivity contribution is -0.120. The van der Waals surface area contributed by atoms with E-state index in [2.05, 4.69) is 10.3 Å². The van der Waals surface area contributed by atoms with E-state index in [0.717, 1.165) is 23.1 Å². The number of alkyl halides is 1. The first kappa shape index (κ1) is 12.9. The Hall–Kier alpha value is -1.55. The van der Waals surface area contributed by atoms with Crippen LogP contribution in [0.25, 0.3) is 11.1 Å². The van der Waals surface area contributed by atoms with E-state index < -0.39 is 0 Å². The average Bonchev–Trinajstić information content (AvgIpc) is 2.69. The molecule has 0 fully saturated rings. The van der Waals surface area contributed by atoms with Gasteiger partial charge >= 0.3 is 0 Å². The van der Waals surface area contributed by atoms with Crippen LogP contribution >= 0.6 is 11.6 Å². The Morgan fingerprint density at radius 1 is 1.50 bits per heavy atom. The van der Waals surface area contributed by atoms with E-state index in [0.29, 0.717) is 24.7 Å². The number of carbonyl (C=O) groups excluding carboxylic acids is 1. The van der Waals surface area contributed by atoms with Crippen LogP contribution in [0.2, 0.25) is 0 Å². The van der Waals surface area contributed by atoms with Gasteiger partial charge in [0, 0.05) is 25.8 Å². The van der Waals surface area contributed by atoms with E-state index in [9.17, 15) is 4.79 Å². The number of halogens is 1. The highest BCUT2D eigenvalue weighted by atomic mass is 35.5. The summed E-state index contributed by atoms with van der Waals surface area (Å²) in [5.74, 6) is 1.01. The zero-order valence-corrected chi connectivity index (χ0v) is 11.0. The summed E-state index contributed by atoms with van der Waals surface area (Å²) in [6, 6.07) is 5.89. The minimum atomic E-state index is -0.0124. The first-order chi connectivity index (χ1) is 8.69. The van der Waals surface area contributed by atoms with E-state index in [-0.39, 0.29) is 5.91 Å². The number of hydrogen-bond donors (Lipinski definition) is 1. The minimum Gasteiger partial charge on any atom is -0.441 e. The molecule has 2 aromatic rings. The summed E-state index contributed by atoms with van der Waals surface area (Å²) in [7, 11) is 0. The Morgan fingerprint density at radius 3 is 3.11 bits per heavy atom. The molecule has 0 atom stereocenters. The number of aryl methyl sites for hydroxylation is 1. The Morgan fingerprint density at radius 2 is 2.33 bits per heavy atom. The van der Waals surface area contributed by atoms with E-state index >= 15 is 0 Å². The number of hydrogen-bond acceptors (Lipinski definition) is 3. The molecule has 18 heavy (non-hydrogen) atoms. The maximum absolute atomic E-state index is 11.2. The zero-order chi connectivity index (χ0) is 13.0. The van der Waals surface area contributed by atoms with Crippen LogP contribution in [0.15, 0.2) is 22.6 Å². The van der Waals surface area contributed by atoms with Crippen molar-refractivity contribution in [3.63, 3.8) is 0 Å². The van der Waals surface area contributed by atoms with Crippen molar-refractivity contribution in [1.29, 1.82) is 0 Å². The number of nitrogens with zero attached hydrogens (tertiary/aromatic N) is 1. The summed E-state index contributed by atoms with van der Waals surface area (Å²) in [5.41, 5.74) is 2.77. The van der Waals surface area contributed by atoms with Gasteiger partial charge in [0.1, 0.15) is 5.52 Å². The van der Waals surface area contributed by atoms with Gasteiger partial charge in [-0.15, -0.1) is 11.6 Å². The predicted octanol–water partition coefficient (Wildman–Crippen LogP) is 2.42. The molecule has 0 radical (unpaired) electrons. The Balaban J connectivity index is 1.93. The molecule has 1 amide bonds. The third-order valence-corrected chi connectivity index (χ3v) is 2.81. The molecule has 4 nitrogen and oxygen atoms in total. The third kappa shape index (κ3) is 3.23. The molecule has 0 aliphatic carbocycles. The molecule has 0 saturated heterocycles. The fourth-order valence-corrected chi connectivity index (χ4v) is 1.93. The highest BCUT2D eigenvalue weighted by Gasteiger charge is 2.04. The van der Waals surface area contributed by atoms with Crippen LogP contribution in [0.3, 0.4) is 0 Å². The van der Waals surface area contributed by atoms with Crippen molar-refractivity contribution in [1.82, 2.24) is 10.3 Å². The van der Waals surface area contributed by atoms with Crippen molar-refractivity contribution < 1.29 is 9.21 Å². The highest BCUT2D eigenvalue weighted by molar-refractivity contribution is 6.18. The maximum atomic E-state index is 11.2. The molecule has 0 aliphatic heterocycles. The molecular weight excluding hydrogens is 252 g/mol. The maximum Gasteiger partial charge on any atom is 0.221 e. The molecule has 1 heterocycles. The van der Waals surface area contributed by atoms with Gasteiger partial charge in [0.05, 0.1) is 0 Å². The second kappa shape index (κ2) is 5.87. The Bertz CT molecular complexity index is 551. The van der Waals surface area contributed by atoms with Gasteiger partial charge in [-0.2, -0.15) is 0 Å². The van der Waals surface area contributed by atoms with Crippen molar-refractivity contribution in [2.75, 3.05) is 12.4 Å². The van der Waals surface area contributed by atoms with Crippen LogP contribution in [0.4, 0.5) is 0 Å². The number of rotatable bonds is 5. The normalized spacial score (nSPS) is 10.8. The fraction of sp³-hybridized carbons (Fsp3) is 0.385. The number of nitrogens with one attached hydrogen (secondary N) is 1. The highest BCUT2D eigenvalue weighted by Crippen LogP contribution is 2.16. The van der Waals surface area contributed by atoms with Crippen LogP contribution < -0.4 is 5.32 Å². The summed E-state index contributed by atoms with van der Waals surface area (Å²) in [5, 5.41) is 2.82. The molecular formula is C13H15ClN2O2. The smallest absolute Gasteiger partial charge is 0.221 e. The second-order valence-electron chi connectivity index (χ2n) is 4.07. The quantitative estimate of drug-likeness (QED) is 0.846. The number of benzene rings is 1. The molecule has 2 rings (SSSR count). The van der Waals surface area contributed by atoms with Crippen molar-refractivity contribution in [2.45, 2.75) is 19.8 Å². The van der Waals surface area contributed by atoms with Gasteiger partial charge < -0.3 is 9.73 Å². The first-order valence-electron chi connectivity index (χ1n) is 5.88. The van der Waals surface area contributed by atoms with Crippen molar-refractivity contribution in [2.24, 2.45) is 0 Å². The Labute approximate surface area is 110 Å². The van der Waals surface area contributed by atoms with Gasteiger partial charge in [0.25, 0.3) is 0 Å². The predicted molar refractivity (Wildman–Crippen MR) is 70.8 cm³/mol. The largest absolute Gasteiger partial charge is 0.441 e. The van der Waals surface area contributed by atoms with Crippen LogP contribution in [0.1, 0.15) is 17.9 Å². The molecule has 1 aromatic heterocycles. The molecule has 0 bridgehead atoms. The molecule has 0 aliphatic rings. The molecule has 1 aromatic carbocycles. The van der Waals surface area contributed by atoms with Crippen molar-refractivity contribution in [3.05, 3.63) is 29.7 Å². The summed E-state index contributed by atoms with van der Waals surface area (Å²) >= 11 is 5.48. The number of amides is 1. The van der Waals surface area contributed by atoms with Gasteiger partial charge in [0.2, 0.25) is 5.91 Å². The monoisotopic (exact) mass is 266 g/mol. The lowest BCUT2D eigenvalue weighted by atomic mass is 10.1. The van der Waals surface area contributed by atoms with E-state index in [1.165, 1.54) is 0 Å². The molecule has 0 unspecified atom stereocenters. The van der Waals surface area contributed by atoms with Crippen molar-refractivity contribution in [3.8, 4) is 0 Å². The summed E-state index contributed by atoms with van der Waals surface area (Å²) in [6.45, 7) is 2.43. The molecule has 0 saturated carbocycles. The topological polar surface area (TPSA) is 55.1 Å². The van der Waals surface area contributed by atoms with Gasteiger partial charge in [-0.05, 0) is 24.1 Å². The van der Waals surface area contributed by atoms with Crippen LogP contribution in [0.5, 0.6) is 0 Å². The standard InChI is InChI=1S/C13H15ClN2O2/c1-9-16-11-3-2-10(8-12(11)18-9)5-7-15-13(17)4-6-14/h2-3,8H,4-7H2,1H3,(H,15,17). The van der Waals surface area contributed by atoms with Gasteiger partial charge in [-0.3, -0.25) is 4.79 Å². The number of carbonyl (C=O) groups is 1. The van der Waals surface area contributed by atoms with Crippen LogP contribution in [-0.4, -0.2) is 23.3 Å². The SMILES string of the molecule is Cc1nc2ccc(CCNC(=O)CCCl)cc2o1. The summed E-state index contributed by atoms with van der Waals surface area (Å²) < 4.78 is 5.46. The van der Waals surface area contributed by atoms with E-state index in [1.807, 2.05) is 25.1 Å². The van der Waals surface area contributed by atoms with Gasteiger partial charge in [0.15, 0.2) is 11.5 Å². The second-order valence-corrected chi connectivity index (χ2v) is 4.45. The lowest BCUT2D eigenvalue weighted by Gasteiger charge is -2.03. The van der Waals surface area contributed by atoms with E-state index in [4.69, 9.17) is 16.0 Å². The minimum absolute atomic E-state index is 0.0124. The zero-order valence-electron chi connectivity index (χ0n) is 10.2. The molecule has 0 spiro atoms. The average molecular weight is 267 g/mol. The van der Waals surface area contributed by atoms with Crippen molar-refractivity contribution >= 4 is 28.6 Å². The first-order valence-corrected chi connectivity index (χ1v) is 6.41. The summed E-state index contributed by atoms with van der Waals surface area (Å²) in [6.07, 6.45) is 1.13. The van der Waals surface area contributed by atoms with Crippen LogP contribution in [-0.2, 0) is 11.2 Å². The molecule has 96 valence electrons. The number of fused-ring (bicyclic) bond motifs is 1. The van der Waals surface area contributed by atoms with Gasteiger partial charge in [-0.25, -0.2) is 4.98 Å². The molecule has 1 N–H and O–H groups in total. The van der Waals surface area contributed by atoms with E-state index in [1.54, 1.807) is 0 Å².